The fourth-order valence-electron chi connectivity index (χ4n) is 3.13. The van der Waals surface area contributed by atoms with Gasteiger partial charge in [0.25, 0.3) is 11.5 Å². The van der Waals surface area contributed by atoms with Gasteiger partial charge in [-0.1, -0.05) is 0 Å². The molecule has 0 radical (unpaired) electrons. The van der Waals surface area contributed by atoms with E-state index in [4.69, 9.17) is 10.8 Å². The van der Waals surface area contributed by atoms with E-state index in [1.54, 1.807) is 25.4 Å². The fraction of sp³-hybridized carbons (Fsp3) is 0.238. The van der Waals surface area contributed by atoms with E-state index in [9.17, 15) is 24.3 Å². The van der Waals surface area contributed by atoms with Gasteiger partial charge in [0.1, 0.15) is 11.9 Å². The smallest absolute Gasteiger partial charge is 0.326 e. The maximum atomic E-state index is 12.4. The second-order valence-corrected chi connectivity index (χ2v) is 7.35. The molecule has 1 aromatic carbocycles. The van der Waals surface area contributed by atoms with Crippen LogP contribution in [0.1, 0.15) is 28.9 Å². The Morgan fingerprint density at radius 2 is 1.91 bits per heavy atom. The van der Waals surface area contributed by atoms with Gasteiger partial charge in [0.2, 0.25) is 0 Å². The topological polar surface area (TPSA) is 192 Å². The molecule has 0 saturated heterocycles. The number of aromatic nitrogens is 3. The minimum absolute atomic E-state index is 0.179. The highest BCUT2D eigenvalue weighted by atomic mass is 16.4. The molecule has 3 rings (SSSR count). The lowest BCUT2D eigenvalue weighted by Crippen LogP contribution is -2.41. The van der Waals surface area contributed by atoms with Gasteiger partial charge in [-0.25, -0.2) is 9.78 Å². The second-order valence-electron chi connectivity index (χ2n) is 7.35. The lowest BCUT2D eigenvalue weighted by Gasteiger charge is -2.19. The number of H-pyrrole nitrogens is 1. The van der Waals surface area contributed by atoms with Crippen LogP contribution in [0.15, 0.2) is 41.3 Å². The van der Waals surface area contributed by atoms with Crippen LogP contribution in [-0.2, 0) is 16.1 Å². The molecule has 0 fully saturated rings. The van der Waals surface area contributed by atoms with Gasteiger partial charge in [-0.2, -0.15) is 0 Å². The number of nitrogen functional groups attached to an aromatic ring is 1. The van der Waals surface area contributed by atoms with Gasteiger partial charge in [-0.05, 0) is 30.7 Å². The standard InChI is InChI=1S/C21H22N6O6/c1-27(10-12-9-23-15-8-16(22)26-20(31)18(15)24-12)13-4-2-11(3-5-13)19(30)25-14(21(32)33)6-7-17(28)29/h2-5,8-9,14H,6-7,10H2,1H3,(H,25,30)(H,28,29)(H,32,33)(H3,22,26,31). The number of nitrogens with zero attached hydrogens (tertiary/aromatic N) is 3. The van der Waals surface area contributed by atoms with Crippen molar-refractivity contribution in [2.45, 2.75) is 25.4 Å². The largest absolute Gasteiger partial charge is 0.481 e. The van der Waals surface area contributed by atoms with Crippen molar-refractivity contribution in [2.24, 2.45) is 0 Å². The third-order valence-electron chi connectivity index (χ3n) is 4.84. The van der Waals surface area contributed by atoms with Gasteiger partial charge < -0.3 is 31.1 Å². The molecular weight excluding hydrogens is 432 g/mol. The lowest BCUT2D eigenvalue weighted by atomic mass is 10.1. The Bertz CT molecular complexity index is 1260. The summed E-state index contributed by atoms with van der Waals surface area (Å²) in [6.45, 7) is 0.328. The zero-order valence-corrected chi connectivity index (χ0v) is 17.6. The van der Waals surface area contributed by atoms with Crippen LogP contribution in [0.3, 0.4) is 0 Å². The number of hydrogen-bond donors (Lipinski definition) is 5. The molecule has 0 aliphatic heterocycles. The van der Waals surface area contributed by atoms with Crippen molar-refractivity contribution >= 4 is 40.4 Å². The maximum Gasteiger partial charge on any atom is 0.326 e. The number of pyridine rings is 1. The number of carbonyl (C=O) groups is 3. The summed E-state index contributed by atoms with van der Waals surface area (Å²) in [5, 5.41) is 20.2. The Hall–Kier alpha value is -4.48. The van der Waals surface area contributed by atoms with Crippen LogP contribution < -0.4 is 21.5 Å². The molecule has 1 amide bonds. The Labute approximate surface area is 187 Å². The SMILES string of the molecule is CN(Cc1cnc2cc(N)[nH]c(=O)c2n1)c1ccc(C(=O)NC(CCC(=O)O)C(=O)O)cc1. The number of aliphatic carboxylic acids is 2. The van der Waals surface area contributed by atoms with Crippen molar-refractivity contribution in [2.75, 3.05) is 17.7 Å². The van der Waals surface area contributed by atoms with Crippen LogP contribution in [0.2, 0.25) is 0 Å². The fourth-order valence-corrected chi connectivity index (χ4v) is 3.13. The molecule has 172 valence electrons. The molecule has 0 bridgehead atoms. The van der Waals surface area contributed by atoms with Crippen LogP contribution in [0.4, 0.5) is 11.5 Å². The van der Waals surface area contributed by atoms with Crippen molar-refractivity contribution < 1.29 is 24.6 Å². The number of nitrogens with two attached hydrogens (primary N) is 1. The molecule has 1 atom stereocenters. The molecule has 33 heavy (non-hydrogen) atoms. The number of nitrogens with one attached hydrogen (secondary N) is 2. The predicted octanol–water partition coefficient (Wildman–Crippen LogP) is 0.585. The van der Waals surface area contributed by atoms with E-state index in [2.05, 4.69) is 20.3 Å². The van der Waals surface area contributed by atoms with E-state index in [1.165, 1.54) is 18.2 Å². The summed E-state index contributed by atoms with van der Waals surface area (Å²) in [7, 11) is 1.79. The van der Waals surface area contributed by atoms with Crippen LogP contribution in [0.25, 0.3) is 11.0 Å². The highest BCUT2D eigenvalue weighted by Gasteiger charge is 2.21. The summed E-state index contributed by atoms with van der Waals surface area (Å²) in [4.78, 5) is 59.2. The van der Waals surface area contributed by atoms with Crippen LogP contribution >= 0.6 is 0 Å². The number of benzene rings is 1. The van der Waals surface area contributed by atoms with Gasteiger partial charge in [-0.15, -0.1) is 0 Å². The maximum absolute atomic E-state index is 12.4. The summed E-state index contributed by atoms with van der Waals surface area (Å²) in [5.74, 6) is -2.88. The van der Waals surface area contributed by atoms with Gasteiger partial charge >= 0.3 is 11.9 Å². The van der Waals surface area contributed by atoms with Crippen molar-refractivity contribution in [3.8, 4) is 0 Å². The number of hydrogen-bond acceptors (Lipinski definition) is 8. The number of carbonyl (C=O) groups excluding carboxylic acids is 1. The van der Waals surface area contributed by atoms with E-state index < -0.39 is 29.4 Å². The van der Waals surface area contributed by atoms with Gasteiger partial charge in [0, 0.05) is 30.8 Å². The number of amides is 1. The summed E-state index contributed by atoms with van der Waals surface area (Å²) in [5.41, 5.74) is 7.25. The zero-order valence-electron chi connectivity index (χ0n) is 17.6. The first-order valence-electron chi connectivity index (χ1n) is 9.85. The number of rotatable bonds is 9. The monoisotopic (exact) mass is 454 g/mol. The zero-order chi connectivity index (χ0) is 24.1. The average Bonchev–Trinajstić information content (AvgIpc) is 2.76. The molecule has 3 aromatic rings. The third-order valence-corrected chi connectivity index (χ3v) is 4.84. The molecule has 2 heterocycles. The Morgan fingerprint density at radius 3 is 2.55 bits per heavy atom. The highest BCUT2D eigenvalue weighted by Crippen LogP contribution is 2.17. The van der Waals surface area contributed by atoms with Gasteiger partial charge in [0.15, 0.2) is 5.52 Å². The minimum Gasteiger partial charge on any atom is -0.481 e. The number of carboxylic acids is 2. The predicted molar refractivity (Wildman–Crippen MR) is 119 cm³/mol. The second kappa shape index (κ2) is 9.77. The molecule has 0 aliphatic rings. The van der Waals surface area contributed by atoms with Gasteiger partial charge in [0.05, 0.1) is 24.0 Å². The first kappa shape index (κ1) is 23.2. The molecule has 0 spiro atoms. The molecule has 6 N–H and O–H groups in total. The van der Waals surface area contributed by atoms with Gasteiger partial charge in [-0.3, -0.25) is 19.4 Å². The summed E-state index contributed by atoms with van der Waals surface area (Å²) >= 11 is 0. The summed E-state index contributed by atoms with van der Waals surface area (Å²) < 4.78 is 0. The average molecular weight is 454 g/mol. The summed E-state index contributed by atoms with van der Waals surface area (Å²) in [6.07, 6.45) is 0.944. The van der Waals surface area contributed by atoms with E-state index in [0.29, 0.717) is 17.8 Å². The molecule has 1 unspecified atom stereocenters. The Morgan fingerprint density at radius 1 is 1.21 bits per heavy atom. The summed E-state index contributed by atoms with van der Waals surface area (Å²) in [6, 6.07) is 6.61. The van der Waals surface area contributed by atoms with E-state index in [1.807, 2.05) is 4.90 Å². The highest BCUT2D eigenvalue weighted by molar-refractivity contribution is 5.97. The molecular formula is C21H22N6O6. The third kappa shape index (κ3) is 5.81. The van der Waals surface area contributed by atoms with Crippen LogP contribution in [-0.4, -0.2) is 56.1 Å². The van der Waals surface area contributed by atoms with E-state index in [-0.39, 0.29) is 29.7 Å². The Balaban J connectivity index is 1.68. The van der Waals surface area contributed by atoms with Crippen molar-refractivity contribution in [3.63, 3.8) is 0 Å². The van der Waals surface area contributed by atoms with Crippen molar-refractivity contribution in [1.29, 1.82) is 0 Å². The van der Waals surface area contributed by atoms with E-state index in [0.717, 1.165) is 5.69 Å². The number of anilines is 2. The van der Waals surface area contributed by atoms with Crippen LogP contribution in [0, 0.1) is 0 Å². The minimum atomic E-state index is -1.31. The molecule has 12 heteroatoms. The number of fused-ring (bicyclic) bond motifs is 1. The first-order valence-corrected chi connectivity index (χ1v) is 9.85. The lowest BCUT2D eigenvalue weighted by molar-refractivity contribution is -0.140. The molecule has 0 aliphatic carbocycles. The molecule has 0 saturated carbocycles. The number of carboxylic acid groups (broad SMARTS) is 2. The van der Waals surface area contributed by atoms with Crippen LogP contribution in [0.5, 0.6) is 0 Å². The first-order chi connectivity index (χ1) is 15.6. The van der Waals surface area contributed by atoms with Crippen molar-refractivity contribution in [1.82, 2.24) is 20.3 Å². The quantitative estimate of drug-likeness (QED) is 0.305. The van der Waals surface area contributed by atoms with E-state index >= 15 is 0 Å². The number of aromatic amines is 1. The molecule has 12 nitrogen and oxygen atoms in total. The molecule has 2 aromatic heterocycles. The Kier molecular flexibility index (Phi) is 6.86. The van der Waals surface area contributed by atoms with Crippen molar-refractivity contribution in [3.05, 3.63) is 58.1 Å². The normalized spacial score (nSPS) is 11.7.